The van der Waals surface area contributed by atoms with Gasteiger partial charge >= 0.3 is 5.97 Å². The van der Waals surface area contributed by atoms with Crippen LogP contribution in [0.3, 0.4) is 0 Å². The molecule has 1 fully saturated rings. The highest BCUT2D eigenvalue weighted by Gasteiger charge is 2.28. The second-order valence-corrected chi connectivity index (χ2v) is 6.86. The third kappa shape index (κ3) is 4.56. The normalized spacial score (nSPS) is 16.6. The summed E-state index contributed by atoms with van der Waals surface area (Å²) in [6, 6.07) is 5.33. The number of benzene rings is 1. The number of esters is 1. The van der Waals surface area contributed by atoms with Gasteiger partial charge in [-0.15, -0.1) is 0 Å². The van der Waals surface area contributed by atoms with Crippen LogP contribution in [0.4, 0.5) is 5.95 Å². The minimum atomic E-state index is -0.221. The summed E-state index contributed by atoms with van der Waals surface area (Å²) < 4.78 is 10.5. The molecule has 0 radical (unpaired) electrons. The van der Waals surface area contributed by atoms with E-state index in [4.69, 9.17) is 32.7 Å². The van der Waals surface area contributed by atoms with Crippen molar-refractivity contribution in [3.8, 4) is 5.75 Å². The molecule has 1 aromatic carbocycles. The highest BCUT2D eigenvalue weighted by atomic mass is 35.5. The molecule has 0 amide bonds. The smallest absolute Gasteiger partial charge is 0.307 e. The van der Waals surface area contributed by atoms with Crippen LogP contribution in [0.2, 0.25) is 10.0 Å². The van der Waals surface area contributed by atoms with E-state index in [2.05, 4.69) is 9.97 Å². The summed E-state index contributed by atoms with van der Waals surface area (Å²) in [5, 5.41) is 1.14. The minimum Gasteiger partial charge on any atom is -0.486 e. The van der Waals surface area contributed by atoms with Crippen LogP contribution >= 0.6 is 23.2 Å². The average molecular weight is 396 g/mol. The number of anilines is 1. The number of halogens is 2. The summed E-state index contributed by atoms with van der Waals surface area (Å²) in [5.74, 6) is 0.915. The molecular weight excluding hydrogens is 377 g/mol. The first kappa shape index (κ1) is 18.7. The third-order valence-electron chi connectivity index (χ3n) is 4.29. The van der Waals surface area contributed by atoms with E-state index >= 15 is 0 Å². The van der Waals surface area contributed by atoms with Gasteiger partial charge in [-0.25, -0.2) is 9.97 Å². The fourth-order valence-electron chi connectivity index (χ4n) is 2.92. The van der Waals surface area contributed by atoms with Crippen molar-refractivity contribution in [3.05, 3.63) is 46.2 Å². The summed E-state index contributed by atoms with van der Waals surface area (Å²) in [5.41, 5.74) is 0.831. The molecule has 1 aromatic heterocycles. The van der Waals surface area contributed by atoms with Crippen molar-refractivity contribution in [2.24, 2.45) is 0 Å². The molecule has 1 saturated heterocycles. The molecule has 1 aliphatic rings. The van der Waals surface area contributed by atoms with Crippen molar-refractivity contribution in [1.82, 2.24) is 9.97 Å². The molecule has 0 N–H and O–H groups in total. The second kappa shape index (κ2) is 8.56. The van der Waals surface area contributed by atoms with Crippen LogP contribution in [0.5, 0.6) is 5.75 Å². The SMILES string of the molecule is COC(=O)C[C@@H]1CCCN1c1ncc(OCc2ccc(Cl)cc2Cl)cn1. The number of carbonyl (C=O) groups excluding carboxylic acids is 1. The van der Waals surface area contributed by atoms with Gasteiger partial charge < -0.3 is 14.4 Å². The Morgan fingerprint density at radius 1 is 1.31 bits per heavy atom. The van der Waals surface area contributed by atoms with E-state index in [1.807, 2.05) is 11.0 Å². The molecule has 6 nitrogen and oxygen atoms in total. The fraction of sp³-hybridized carbons (Fsp3) is 0.389. The number of carbonyl (C=O) groups is 1. The molecule has 2 heterocycles. The van der Waals surface area contributed by atoms with Crippen molar-refractivity contribution in [2.45, 2.75) is 31.9 Å². The topological polar surface area (TPSA) is 64.5 Å². The lowest BCUT2D eigenvalue weighted by molar-refractivity contribution is -0.140. The van der Waals surface area contributed by atoms with Crippen LogP contribution in [0.1, 0.15) is 24.8 Å². The molecule has 0 unspecified atom stereocenters. The van der Waals surface area contributed by atoms with Crippen molar-refractivity contribution >= 4 is 35.1 Å². The van der Waals surface area contributed by atoms with E-state index < -0.39 is 0 Å². The molecule has 26 heavy (non-hydrogen) atoms. The third-order valence-corrected chi connectivity index (χ3v) is 4.87. The lowest BCUT2D eigenvalue weighted by Gasteiger charge is -2.23. The molecule has 1 aliphatic heterocycles. The van der Waals surface area contributed by atoms with Gasteiger partial charge in [-0.1, -0.05) is 29.3 Å². The molecule has 0 saturated carbocycles. The van der Waals surface area contributed by atoms with E-state index in [-0.39, 0.29) is 12.0 Å². The molecule has 0 bridgehead atoms. The van der Waals surface area contributed by atoms with Gasteiger partial charge in [-0.2, -0.15) is 0 Å². The van der Waals surface area contributed by atoms with Crippen LogP contribution in [0.25, 0.3) is 0 Å². The van der Waals surface area contributed by atoms with Gasteiger partial charge in [0.2, 0.25) is 5.95 Å². The molecule has 8 heteroatoms. The van der Waals surface area contributed by atoms with Gasteiger partial charge in [0.1, 0.15) is 6.61 Å². The Balaban J connectivity index is 1.62. The Bertz CT molecular complexity index is 771. The Morgan fingerprint density at radius 2 is 2.08 bits per heavy atom. The van der Waals surface area contributed by atoms with Gasteiger partial charge in [0.25, 0.3) is 0 Å². The summed E-state index contributed by atoms with van der Waals surface area (Å²) in [7, 11) is 1.40. The summed E-state index contributed by atoms with van der Waals surface area (Å²) in [6.07, 6.45) is 5.51. The quantitative estimate of drug-likeness (QED) is 0.691. The van der Waals surface area contributed by atoms with Crippen LogP contribution < -0.4 is 9.64 Å². The monoisotopic (exact) mass is 395 g/mol. The highest BCUT2D eigenvalue weighted by molar-refractivity contribution is 6.35. The average Bonchev–Trinajstić information content (AvgIpc) is 3.09. The number of hydrogen-bond donors (Lipinski definition) is 0. The molecule has 0 spiro atoms. The van der Waals surface area contributed by atoms with Gasteiger partial charge in [0, 0.05) is 28.2 Å². The zero-order valence-electron chi connectivity index (χ0n) is 14.3. The van der Waals surface area contributed by atoms with Gasteiger partial charge in [-0.3, -0.25) is 4.79 Å². The summed E-state index contributed by atoms with van der Waals surface area (Å²) in [4.78, 5) is 22.3. The number of ether oxygens (including phenoxy) is 2. The Hall–Kier alpha value is -2.05. The van der Waals surface area contributed by atoms with Crippen LogP contribution in [-0.4, -0.2) is 35.6 Å². The Morgan fingerprint density at radius 3 is 2.77 bits per heavy atom. The van der Waals surface area contributed by atoms with E-state index in [1.54, 1.807) is 24.5 Å². The standard InChI is InChI=1S/C18H19Cl2N3O3/c1-25-17(24)8-14-3-2-6-23(14)18-21-9-15(10-22-18)26-11-12-4-5-13(19)7-16(12)20/h4-5,7,9-10,14H,2-3,6,8,11H2,1H3/t14-/m0/s1. The predicted octanol–water partition coefficient (Wildman–Crippen LogP) is 3.89. The number of aromatic nitrogens is 2. The zero-order valence-corrected chi connectivity index (χ0v) is 15.8. The Kier molecular flexibility index (Phi) is 6.16. The molecule has 1 atom stereocenters. The molecule has 3 rings (SSSR count). The zero-order chi connectivity index (χ0) is 18.5. The number of nitrogens with zero attached hydrogens (tertiary/aromatic N) is 3. The fourth-order valence-corrected chi connectivity index (χ4v) is 3.38. The van der Waals surface area contributed by atoms with Crippen LogP contribution in [0.15, 0.2) is 30.6 Å². The first-order chi connectivity index (χ1) is 12.6. The molecular formula is C18H19Cl2N3O3. The first-order valence-electron chi connectivity index (χ1n) is 8.29. The second-order valence-electron chi connectivity index (χ2n) is 6.01. The summed E-state index contributed by atoms with van der Waals surface area (Å²) in [6.45, 7) is 1.12. The van der Waals surface area contributed by atoms with E-state index in [0.717, 1.165) is 24.9 Å². The highest BCUT2D eigenvalue weighted by Crippen LogP contribution is 2.26. The number of hydrogen-bond acceptors (Lipinski definition) is 6. The predicted molar refractivity (Wildman–Crippen MR) is 99.8 cm³/mol. The van der Waals surface area contributed by atoms with Crippen LogP contribution in [-0.2, 0) is 16.1 Å². The molecule has 138 valence electrons. The molecule has 0 aliphatic carbocycles. The largest absolute Gasteiger partial charge is 0.486 e. The maximum Gasteiger partial charge on any atom is 0.307 e. The van der Waals surface area contributed by atoms with Crippen molar-refractivity contribution in [3.63, 3.8) is 0 Å². The lowest BCUT2D eigenvalue weighted by Crippen LogP contribution is -2.32. The first-order valence-corrected chi connectivity index (χ1v) is 9.04. The van der Waals surface area contributed by atoms with E-state index in [9.17, 15) is 4.79 Å². The maximum absolute atomic E-state index is 11.5. The van der Waals surface area contributed by atoms with Gasteiger partial charge in [-0.05, 0) is 25.0 Å². The van der Waals surface area contributed by atoms with Crippen LogP contribution in [0, 0.1) is 0 Å². The van der Waals surface area contributed by atoms with Crippen molar-refractivity contribution in [1.29, 1.82) is 0 Å². The van der Waals surface area contributed by atoms with E-state index in [1.165, 1.54) is 7.11 Å². The minimum absolute atomic E-state index is 0.0714. The summed E-state index contributed by atoms with van der Waals surface area (Å²) >= 11 is 12.0. The van der Waals surface area contributed by atoms with Gasteiger partial charge in [0.15, 0.2) is 5.75 Å². The maximum atomic E-state index is 11.5. The van der Waals surface area contributed by atoms with Gasteiger partial charge in [0.05, 0.1) is 25.9 Å². The lowest BCUT2D eigenvalue weighted by atomic mass is 10.1. The van der Waals surface area contributed by atoms with Crippen molar-refractivity contribution in [2.75, 3.05) is 18.6 Å². The molecule has 2 aromatic rings. The number of methoxy groups -OCH3 is 1. The van der Waals surface area contributed by atoms with Crippen molar-refractivity contribution < 1.29 is 14.3 Å². The Labute approximate surface area is 162 Å². The number of rotatable bonds is 6. The van der Waals surface area contributed by atoms with E-state index in [0.29, 0.717) is 34.8 Å².